The quantitative estimate of drug-likeness (QED) is 0.653. The van der Waals surface area contributed by atoms with E-state index in [1.165, 1.54) is 14.1 Å². The topological polar surface area (TPSA) is 104 Å². The number of carboxylic acids is 1. The fraction of sp³-hybridized carbons (Fsp3) is 0.667. The molecule has 0 aromatic rings. The zero-order chi connectivity index (χ0) is 15.3. The number of amides is 1. The van der Waals surface area contributed by atoms with E-state index in [0.29, 0.717) is 12.8 Å². The summed E-state index contributed by atoms with van der Waals surface area (Å²) in [6.07, 6.45) is 4.21. The van der Waals surface area contributed by atoms with Gasteiger partial charge in [0.05, 0.1) is 17.6 Å². The molecule has 0 unspecified atom stereocenters. The van der Waals surface area contributed by atoms with E-state index in [2.05, 4.69) is 5.32 Å². The van der Waals surface area contributed by atoms with Gasteiger partial charge in [-0.2, -0.15) is 0 Å². The van der Waals surface area contributed by atoms with Crippen molar-refractivity contribution in [1.82, 2.24) is 9.62 Å². The third-order valence-corrected chi connectivity index (χ3v) is 5.13. The predicted molar refractivity (Wildman–Crippen MR) is 73.5 cm³/mol. The first-order chi connectivity index (χ1) is 9.25. The van der Waals surface area contributed by atoms with Gasteiger partial charge < -0.3 is 10.4 Å². The van der Waals surface area contributed by atoms with Crippen molar-refractivity contribution in [3.8, 4) is 0 Å². The SMILES string of the molecule is CN(C)S(=O)(=O)CCNC(=O)[C@@H]1CC=CC[C@@H]1C(=O)O. The lowest BCUT2D eigenvalue weighted by molar-refractivity contribution is -0.147. The van der Waals surface area contributed by atoms with Crippen LogP contribution in [-0.4, -0.2) is 56.1 Å². The number of aliphatic carboxylic acids is 1. The number of carboxylic acid groups (broad SMARTS) is 1. The molecule has 0 saturated carbocycles. The molecule has 2 N–H and O–H groups in total. The third-order valence-electron chi connectivity index (χ3n) is 3.30. The molecule has 0 fully saturated rings. The van der Waals surface area contributed by atoms with Gasteiger partial charge in [-0.05, 0) is 12.8 Å². The van der Waals surface area contributed by atoms with Gasteiger partial charge in [-0.1, -0.05) is 12.2 Å². The molecule has 0 aliphatic heterocycles. The zero-order valence-electron chi connectivity index (χ0n) is 11.6. The minimum atomic E-state index is -3.37. The van der Waals surface area contributed by atoms with E-state index >= 15 is 0 Å². The summed E-state index contributed by atoms with van der Waals surface area (Å²) in [7, 11) is -0.526. The number of rotatable bonds is 6. The van der Waals surface area contributed by atoms with Crippen molar-refractivity contribution in [2.24, 2.45) is 11.8 Å². The molecule has 0 radical (unpaired) electrons. The van der Waals surface area contributed by atoms with E-state index in [-0.39, 0.29) is 12.3 Å². The van der Waals surface area contributed by atoms with E-state index in [0.717, 1.165) is 4.31 Å². The Morgan fingerprint density at radius 3 is 2.30 bits per heavy atom. The van der Waals surface area contributed by atoms with Crippen molar-refractivity contribution in [2.45, 2.75) is 12.8 Å². The highest BCUT2D eigenvalue weighted by Gasteiger charge is 2.33. The Morgan fingerprint density at radius 2 is 1.80 bits per heavy atom. The highest BCUT2D eigenvalue weighted by Crippen LogP contribution is 2.25. The third kappa shape index (κ3) is 4.31. The van der Waals surface area contributed by atoms with E-state index in [1.54, 1.807) is 12.2 Å². The smallest absolute Gasteiger partial charge is 0.307 e. The van der Waals surface area contributed by atoms with E-state index in [9.17, 15) is 18.0 Å². The summed E-state index contributed by atoms with van der Waals surface area (Å²) in [6.45, 7) is -0.0219. The van der Waals surface area contributed by atoms with Crippen molar-refractivity contribution in [3.05, 3.63) is 12.2 Å². The summed E-state index contributed by atoms with van der Waals surface area (Å²) < 4.78 is 24.1. The Balaban J connectivity index is 2.54. The summed E-state index contributed by atoms with van der Waals surface area (Å²) in [5.74, 6) is -3.00. The molecule has 20 heavy (non-hydrogen) atoms. The van der Waals surface area contributed by atoms with Gasteiger partial charge in [0.25, 0.3) is 0 Å². The van der Waals surface area contributed by atoms with Crippen LogP contribution in [0, 0.1) is 11.8 Å². The van der Waals surface area contributed by atoms with Gasteiger partial charge in [-0.15, -0.1) is 0 Å². The molecule has 1 amide bonds. The molecule has 2 atom stereocenters. The number of nitrogens with zero attached hydrogens (tertiary/aromatic N) is 1. The van der Waals surface area contributed by atoms with Crippen LogP contribution in [0.5, 0.6) is 0 Å². The lowest BCUT2D eigenvalue weighted by atomic mass is 9.82. The van der Waals surface area contributed by atoms with E-state index in [1.807, 2.05) is 0 Å². The Hall–Kier alpha value is -1.41. The molecule has 7 nitrogen and oxygen atoms in total. The monoisotopic (exact) mass is 304 g/mol. The van der Waals surface area contributed by atoms with Crippen molar-refractivity contribution < 1.29 is 23.1 Å². The maximum Gasteiger partial charge on any atom is 0.307 e. The molecular weight excluding hydrogens is 284 g/mol. The summed E-state index contributed by atoms with van der Waals surface area (Å²) in [6, 6.07) is 0. The average molecular weight is 304 g/mol. The van der Waals surface area contributed by atoms with E-state index < -0.39 is 33.7 Å². The number of sulfonamides is 1. The molecule has 114 valence electrons. The first-order valence-corrected chi connectivity index (χ1v) is 7.92. The molecule has 1 aliphatic carbocycles. The lowest BCUT2D eigenvalue weighted by Crippen LogP contribution is -2.41. The fourth-order valence-corrected chi connectivity index (χ4v) is 2.72. The van der Waals surface area contributed by atoms with Crippen LogP contribution in [0.3, 0.4) is 0 Å². The molecule has 0 heterocycles. The molecule has 8 heteroatoms. The second kappa shape index (κ2) is 6.85. The highest BCUT2D eigenvalue weighted by atomic mass is 32.2. The fourth-order valence-electron chi connectivity index (χ4n) is 1.99. The summed E-state index contributed by atoms with van der Waals surface area (Å²) in [5.41, 5.74) is 0. The summed E-state index contributed by atoms with van der Waals surface area (Å²) in [5, 5.41) is 11.6. The van der Waals surface area contributed by atoms with Crippen LogP contribution in [0.4, 0.5) is 0 Å². The van der Waals surface area contributed by atoms with Gasteiger partial charge in [0, 0.05) is 20.6 Å². The normalized spacial score (nSPS) is 22.8. The van der Waals surface area contributed by atoms with Crippen molar-refractivity contribution in [2.75, 3.05) is 26.4 Å². The Bertz CT molecular complexity index is 498. The predicted octanol–water partition coefficient (Wildman–Crippen LogP) is -0.339. The van der Waals surface area contributed by atoms with E-state index in [4.69, 9.17) is 5.11 Å². The van der Waals surface area contributed by atoms with Crippen molar-refractivity contribution >= 4 is 21.9 Å². The number of allylic oxidation sites excluding steroid dienone is 2. The van der Waals surface area contributed by atoms with Crippen LogP contribution < -0.4 is 5.32 Å². The summed E-state index contributed by atoms with van der Waals surface area (Å²) in [4.78, 5) is 23.0. The molecule has 0 spiro atoms. The van der Waals surface area contributed by atoms with Crippen LogP contribution in [0.1, 0.15) is 12.8 Å². The van der Waals surface area contributed by atoms with Gasteiger partial charge in [0.15, 0.2) is 0 Å². The Morgan fingerprint density at radius 1 is 1.25 bits per heavy atom. The number of hydrogen-bond acceptors (Lipinski definition) is 4. The molecule has 1 rings (SSSR count). The van der Waals surface area contributed by atoms with Crippen LogP contribution in [0.25, 0.3) is 0 Å². The van der Waals surface area contributed by atoms with Gasteiger partial charge in [0.1, 0.15) is 0 Å². The Labute approximate surface area is 118 Å². The largest absolute Gasteiger partial charge is 0.481 e. The summed E-state index contributed by atoms with van der Waals surface area (Å²) >= 11 is 0. The van der Waals surface area contributed by atoms with Gasteiger partial charge in [0.2, 0.25) is 15.9 Å². The molecule has 0 bridgehead atoms. The second-order valence-electron chi connectivity index (χ2n) is 4.88. The minimum Gasteiger partial charge on any atom is -0.481 e. The van der Waals surface area contributed by atoms with Crippen molar-refractivity contribution in [3.63, 3.8) is 0 Å². The zero-order valence-corrected chi connectivity index (χ0v) is 12.4. The number of nitrogens with one attached hydrogen (secondary N) is 1. The molecular formula is C12H20N2O5S. The van der Waals surface area contributed by atoms with Gasteiger partial charge >= 0.3 is 5.97 Å². The Kier molecular flexibility index (Phi) is 5.70. The molecule has 0 saturated heterocycles. The lowest BCUT2D eigenvalue weighted by Gasteiger charge is -2.24. The maximum absolute atomic E-state index is 12.0. The highest BCUT2D eigenvalue weighted by molar-refractivity contribution is 7.89. The second-order valence-corrected chi connectivity index (χ2v) is 7.19. The van der Waals surface area contributed by atoms with Gasteiger partial charge in [-0.3, -0.25) is 9.59 Å². The molecule has 1 aliphatic rings. The number of hydrogen-bond donors (Lipinski definition) is 2. The average Bonchev–Trinajstić information content (AvgIpc) is 2.38. The number of carbonyl (C=O) groups is 2. The van der Waals surface area contributed by atoms with Crippen LogP contribution in [-0.2, 0) is 19.6 Å². The van der Waals surface area contributed by atoms with Gasteiger partial charge in [-0.25, -0.2) is 12.7 Å². The van der Waals surface area contributed by atoms with Crippen molar-refractivity contribution in [1.29, 1.82) is 0 Å². The van der Waals surface area contributed by atoms with Crippen LogP contribution >= 0.6 is 0 Å². The first kappa shape index (κ1) is 16.6. The number of carbonyl (C=O) groups excluding carboxylic acids is 1. The first-order valence-electron chi connectivity index (χ1n) is 6.31. The minimum absolute atomic E-state index is 0.0219. The standard InChI is InChI=1S/C12H20N2O5S/c1-14(2)20(18,19)8-7-13-11(15)9-5-3-4-6-10(9)12(16)17/h3-4,9-10H,5-8H2,1-2H3,(H,13,15)(H,16,17)/t9-,10+/m1/s1. The molecule has 0 aromatic heterocycles. The van der Waals surface area contributed by atoms with Crippen LogP contribution in [0.2, 0.25) is 0 Å². The maximum atomic E-state index is 12.0. The van der Waals surface area contributed by atoms with Crippen LogP contribution in [0.15, 0.2) is 12.2 Å². The molecule has 0 aromatic carbocycles.